The summed E-state index contributed by atoms with van der Waals surface area (Å²) >= 11 is 1.59. The normalized spacial score (nSPS) is 15.4. The molecule has 0 spiro atoms. The minimum atomic E-state index is -0.300. The highest BCUT2D eigenvalue weighted by atomic mass is 32.1. The van der Waals surface area contributed by atoms with Crippen LogP contribution in [0.15, 0.2) is 23.6 Å². The summed E-state index contributed by atoms with van der Waals surface area (Å²) in [6.07, 6.45) is 2.03. The summed E-state index contributed by atoms with van der Waals surface area (Å²) in [5.41, 5.74) is 1.16. The van der Waals surface area contributed by atoms with Crippen LogP contribution in [0.4, 0.5) is 5.95 Å². The lowest BCUT2D eigenvalue weighted by molar-refractivity contribution is 0.102. The topological polar surface area (TPSA) is 101 Å². The first-order valence-corrected chi connectivity index (χ1v) is 9.11. The molecule has 0 radical (unpaired) electrons. The largest absolute Gasteiger partial charge is 0.317 e. The molecule has 9 heteroatoms. The molecule has 3 N–H and O–H groups in total. The van der Waals surface area contributed by atoms with Gasteiger partial charge in [0.15, 0.2) is 11.5 Å². The maximum atomic E-state index is 12.5. The molecule has 8 nitrogen and oxygen atoms in total. The number of aromatic amines is 1. The Hall–Kier alpha value is -2.52. The van der Waals surface area contributed by atoms with Gasteiger partial charge in [0.05, 0.1) is 10.6 Å². The first-order valence-electron chi connectivity index (χ1n) is 8.23. The lowest BCUT2D eigenvalue weighted by atomic mass is 9.98. The second-order valence-electron chi connectivity index (χ2n) is 6.04. The van der Waals surface area contributed by atoms with Crippen molar-refractivity contribution in [1.82, 2.24) is 30.3 Å². The van der Waals surface area contributed by atoms with Crippen LogP contribution in [-0.2, 0) is 7.05 Å². The van der Waals surface area contributed by atoms with Crippen LogP contribution in [0, 0.1) is 0 Å². The van der Waals surface area contributed by atoms with Crippen LogP contribution >= 0.6 is 11.3 Å². The Kier molecular flexibility index (Phi) is 4.33. The van der Waals surface area contributed by atoms with Crippen molar-refractivity contribution in [1.29, 1.82) is 0 Å². The van der Waals surface area contributed by atoms with Crippen molar-refractivity contribution >= 4 is 23.2 Å². The number of nitrogens with zero attached hydrogens (tertiary/aromatic N) is 4. The Balaban J connectivity index is 1.48. The molecule has 130 valence electrons. The van der Waals surface area contributed by atoms with Crippen molar-refractivity contribution in [2.24, 2.45) is 7.05 Å². The zero-order valence-electron chi connectivity index (χ0n) is 13.8. The lowest BCUT2D eigenvalue weighted by Gasteiger charge is -2.19. The number of anilines is 1. The molecule has 1 amide bonds. The smallest absolute Gasteiger partial charge is 0.278 e. The van der Waals surface area contributed by atoms with Crippen LogP contribution in [0.5, 0.6) is 0 Å². The fourth-order valence-corrected chi connectivity index (χ4v) is 3.62. The van der Waals surface area contributed by atoms with Gasteiger partial charge in [-0.05, 0) is 43.4 Å². The second kappa shape index (κ2) is 6.77. The highest BCUT2D eigenvalue weighted by molar-refractivity contribution is 7.13. The van der Waals surface area contributed by atoms with E-state index in [2.05, 4.69) is 30.9 Å². The number of carbonyl (C=O) groups excluding carboxylic acids is 1. The van der Waals surface area contributed by atoms with Crippen molar-refractivity contribution in [3.05, 3.63) is 35.1 Å². The van der Waals surface area contributed by atoms with Crippen LogP contribution in [0.2, 0.25) is 0 Å². The minimum absolute atomic E-state index is 0.300. The van der Waals surface area contributed by atoms with Crippen molar-refractivity contribution in [2.45, 2.75) is 18.8 Å². The Morgan fingerprint density at radius 1 is 1.40 bits per heavy atom. The molecule has 1 aliphatic rings. The number of piperidine rings is 1. The third kappa shape index (κ3) is 3.33. The SMILES string of the molecule is Cn1nc(C2CCNCC2)nc1NC(=O)c1cc(-c2cccs2)[nH]n1. The van der Waals surface area contributed by atoms with Crippen molar-refractivity contribution in [3.8, 4) is 10.6 Å². The van der Waals surface area contributed by atoms with Gasteiger partial charge < -0.3 is 5.32 Å². The van der Waals surface area contributed by atoms with Gasteiger partial charge in [-0.25, -0.2) is 4.68 Å². The average molecular weight is 357 g/mol. The third-order valence-corrected chi connectivity index (χ3v) is 5.21. The second-order valence-corrected chi connectivity index (χ2v) is 6.99. The van der Waals surface area contributed by atoms with Gasteiger partial charge in [0.1, 0.15) is 0 Å². The number of thiophene rings is 1. The highest BCUT2D eigenvalue weighted by Gasteiger charge is 2.22. The maximum Gasteiger partial charge on any atom is 0.278 e. The van der Waals surface area contributed by atoms with Crippen LogP contribution in [0.3, 0.4) is 0 Å². The number of hydrogen-bond donors (Lipinski definition) is 3. The van der Waals surface area contributed by atoms with E-state index in [-0.39, 0.29) is 5.91 Å². The van der Waals surface area contributed by atoms with E-state index >= 15 is 0 Å². The predicted molar refractivity (Wildman–Crippen MR) is 95.7 cm³/mol. The zero-order valence-corrected chi connectivity index (χ0v) is 14.6. The van der Waals surface area contributed by atoms with Crippen LogP contribution in [-0.4, -0.2) is 44.0 Å². The van der Waals surface area contributed by atoms with Crippen LogP contribution < -0.4 is 10.6 Å². The number of aryl methyl sites for hydroxylation is 1. The lowest BCUT2D eigenvalue weighted by Crippen LogP contribution is -2.27. The van der Waals surface area contributed by atoms with Gasteiger partial charge in [-0.3, -0.25) is 15.2 Å². The molecule has 0 atom stereocenters. The molecule has 25 heavy (non-hydrogen) atoms. The molecule has 1 aliphatic heterocycles. The number of amides is 1. The van der Waals surface area contributed by atoms with E-state index in [4.69, 9.17) is 0 Å². The van der Waals surface area contributed by atoms with E-state index in [1.165, 1.54) is 0 Å². The Labute approximate surface area is 148 Å². The van der Waals surface area contributed by atoms with Crippen molar-refractivity contribution in [2.75, 3.05) is 18.4 Å². The van der Waals surface area contributed by atoms with E-state index in [9.17, 15) is 4.79 Å². The first-order chi connectivity index (χ1) is 12.2. The number of aromatic nitrogens is 5. The van der Waals surface area contributed by atoms with E-state index in [0.29, 0.717) is 17.6 Å². The van der Waals surface area contributed by atoms with Crippen LogP contribution in [0.1, 0.15) is 35.1 Å². The predicted octanol–water partition coefficient (Wildman–Crippen LogP) is 1.99. The Morgan fingerprint density at radius 3 is 3.00 bits per heavy atom. The van der Waals surface area contributed by atoms with Gasteiger partial charge >= 0.3 is 0 Å². The van der Waals surface area contributed by atoms with Gasteiger partial charge in [-0.1, -0.05) is 6.07 Å². The van der Waals surface area contributed by atoms with Crippen LogP contribution in [0.25, 0.3) is 10.6 Å². The molecular formula is C16H19N7OS. The standard InChI is InChI=1S/C16H19N7OS/c1-23-16(18-14(22-23)10-4-6-17-7-5-10)19-15(24)12-9-11(20-21-12)13-3-2-8-25-13/h2-3,8-10,17H,4-7H2,1H3,(H,20,21)(H,18,19,22,24). The molecule has 0 unspecified atom stereocenters. The molecule has 0 aromatic carbocycles. The average Bonchev–Trinajstić information content (AvgIpc) is 3.36. The summed E-state index contributed by atoms with van der Waals surface area (Å²) < 4.78 is 1.61. The molecule has 1 fully saturated rings. The Bertz CT molecular complexity index is 861. The third-order valence-electron chi connectivity index (χ3n) is 4.31. The van der Waals surface area contributed by atoms with E-state index in [1.54, 1.807) is 29.1 Å². The minimum Gasteiger partial charge on any atom is -0.317 e. The molecule has 4 rings (SSSR count). The van der Waals surface area contributed by atoms with Crippen molar-refractivity contribution < 1.29 is 4.79 Å². The molecule has 3 aromatic rings. The Morgan fingerprint density at radius 2 is 2.24 bits per heavy atom. The molecule has 0 saturated carbocycles. The van der Waals surface area contributed by atoms with E-state index in [1.807, 2.05) is 17.5 Å². The number of nitrogens with one attached hydrogen (secondary N) is 3. The molecule has 4 heterocycles. The van der Waals surface area contributed by atoms with Gasteiger partial charge in [-0.15, -0.1) is 11.3 Å². The summed E-state index contributed by atoms with van der Waals surface area (Å²) in [4.78, 5) is 18.0. The molecule has 0 bridgehead atoms. The fourth-order valence-electron chi connectivity index (χ4n) is 2.93. The number of H-pyrrole nitrogens is 1. The van der Waals surface area contributed by atoms with E-state index < -0.39 is 0 Å². The maximum absolute atomic E-state index is 12.5. The van der Waals surface area contributed by atoms with Gasteiger partial charge in [0.2, 0.25) is 5.95 Å². The monoisotopic (exact) mass is 357 g/mol. The molecule has 3 aromatic heterocycles. The summed E-state index contributed by atoms with van der Waals surface area (Å²) in [5.74, 6) is 1.28. The van der Waals surface area contributed by atoms with E-state index in [0.717, 1.165) is 42.3 Å². The fraction of sp³-hybridized carbons (Fsp3) is 0.375. The summed E-state index contributed by atoms with van der Waals surface area (Å²) in [6, 6.07) is 5.68. The summed E-state index contributed by atoms with van der Waals surface area (Å²) in [7, 11) is 1.79. The first kappa shape index (κ1) is 16.0. The summed E-state index contributed by atoms with van der Waals surface area (Å²) in [5, 5.41) is 19.6. The number of carbonyl (C=O) groups is 1. The highest BCUT2D eigenvalue weighted by Crippen LogP contribution is 2.24. The summed E-state index contributed by atoms with van der Waals surface area (Å²) in [6.45, 7) is 1.95. The van der Waals surface area contributed by atoms with Crippen molar-refractivity contribution in [3.63, 3.8) is 0 Å². The molecule has 1 saturated heterocycles. The van der Waals surface area contributed by atoms with Gasteiger partial charge in [0, 0.05) is 13.0 Å². The molecule has 0 aliphatic carbocycles. The van der Waals surface area contributed by atoms with Gasteiger partial charge in [-0.2, -0.15) is 15.2 Å². The number of rotatable bonds is 4. The zero-order chi connectivity index (χ0) is 17.2. The van der Waals surface area contributed by atoms with Gasteiger partial charge in [0.25, 0.3) is 5.91 Å². The quantitative estimate of drug-likeness (QED) is 0.663. The number of hydrogen-bond acceptors (Lipinski definition) is 6. The molecular weight excluding hydrogens is 338 g/mol.